The smallest absolute Gasteiger partial charge is 0.277 e. The van der Waals surface area contributed by atoms with Crippen molar-refractivity contribution in [3.05, 3.63) is 77.0 Å². The van der Waals surface area contributed by atoms with Gasteiger partial charge in [0.05, 0.1) is 5.57 Å². The highest BCUT2D eigenvalue weighted by molar-refractivity contribution is 6.35. The lowest BCUT2D eigenvalue weighted by atomic mass is 10.0. The van der Waals surface area contributed by atoms with Crippen molar-refractivity contribution >= 4 is 17.4 Å². The van der Waals surface area contributed by atoms with Crippen LogP contribution in [0.2, 0.25) is 0 Å². The third-order valence-electron chi connectivity index (χ3n) is 5.36. The second-order valence-electron chi connectivity index (χ2n) is 7.75. The fourth-order valence-corrected chi connectivity index (χ4v) is 3.73. The van der Waals surface area contributed by atoms with Gasteiger partial charge in [0.2, 0.25) is 0 Å². The van der Waals surface area contributed by atoms with E-state index in [1.807, 2.05) is 73.5 Å². The first-order valence-corrected chi connectivity index (χ1v) is 10.5. The van der Waals surface area contributed by atoms with Crippen LogP contribution in [0.4, 0.5) is 0 Å². The summed E-state index contributed by atoms with van der Waals surface area (Å²) in [5.41, 5.74) is 4.05. The zero-order valence-electron chi connectivity index (χ0n) is 17.6. The number of rotatable bonds is 9. The molecule has 0 bridgehead atoms. The Labute approximate surface area is 173 Å². The number of imide groups is 1. The summed E-state index contributed by atoms with van der Waals surface area (Å²) in [7, 11) is 1.89. The Balaban J connectivity index is 1.92. The molecule has 0 fully saturated rings. The van der Waals surface area contributed by atoms with Gasteiger partial charge in [0.1, 0.15) is 5.70 Å². The van der Waals surface area contributed by atoms with Crippen LogP contribution in [-0.2, 0) is 16.1 Å². The van der Waals surface area contributed by atoms with Crippen LogP contribution < -0.4 is 0 Å². The summed E-state index contributed by atoms with van der Waals surface area (Å²) in [6, 6.07) is 17.9. The molecule has 29 heavy (non-hydrogen) atoms. The molecular weight excluding hydrogens is 360 g/mol. The summed E-state index contributed by atoms with van der Waals surface area (Å²) in [6.45, 7) is 5.23. The Morgan fingerprint density at radius 3 is 2.21 bits per heavy atom. The van der Waals surface area contributed by atoms with Gasteiger partial charge in [-0.05, 0) is 24.5 Å². The van der Waals surface area contributed by atoms with Gasteiger partial charge in [-0.25, -0.2) is 0 Å². The summed E-state index contributed by atoms with van der Waals surface area (Å²) >= 11 is 0. The largest absolute Gasteiger partial charge is 0.365 e. The molecule has 0 aromatic heterocycles. The Hall–Kier alpha value is -2.88. The van der Waals surface area contributed by atoms with E-state index in [4.69, 9.17) is 0 Å². The number of benzene rings is 2. The van der Waals surface area contributed by atoms with E-state index in [0.29, 0.717) is 24.4 Å². The lowest BCUT2D eigenvalue weighted by molar-refractivity contribution is -0.137. The van der Waals surface area contributed by atoms with Crippen molar-refractivity contribution in [1.82, 2.24) is 9.80 Å². The second kappa shape index (κ2) is 9.55. The molecule has 0 saturated carbocycles. The number of aryl methyl sites for hydroxylation is 1. The first-order chi connectivity index (χ1) is 14.0. The lowest BCUT2D eigenvalue weighted by Gasteiger charge is -2.21. The summed E-state index contributed by atoms with van der Waals surface area (Å²) < 4.78 is 0. The van der Waals surface area contributed by atoms with E-state index in [0.717, 1.165) is 42.4 Å². The van der Waals surface area contributed by atoms with Crippen molar-refractivity contribution in [2.45, 2.75) is 46.1 Å². The Morgan fingerprint density at radius 1 is 0.862 bits per heavy atom. The van der Waals surface area contributed by atoms with Gasteiger partial charge in [-0.2, -0.15) is 0 Å². The maximum atomic E-state index is 13.3. The molecule has 0 spiro atoms. The topological polar surface area (TPSA) is 40.6 Å². The van der Waals surface area contributed by atoms with Gasteiger partial charge in [0.15, 0.2) is 0 Å². The molecule has 4 nitrogen and oxygen atoms in total. The summed E-state index contributed by atoms with van der Waals surface area (Å²) in [5, 5.41) is 0. The molecular formula is C25H30N2O2. The molecule has 0 unspecified atom stereocenters. The molecule has 1 heterocycles. The molecule has 4 heteroatoms. The predicted octanol–water partition coefficient (Wildman–Crippen LogP) is 4.79. The van der Waals surface area contributed by atoms with Crippen molar-refractivity contribution < 1.29 is 9.59 Å². The van der Waals surface area contributed by atoms with Crippen molar-refractivity contribution in [2.24, 2.45) is 0 Å². The number of amides is 2. The van der Waals surface area contributed by atoms with Crippen LogP contribution >= 0.6 is 0 Å². The van der Waals surface area contributed by atoms with E-state index in [9.17, 15) is 9.59 Å². The third-order valence-corrected chi connectivity index (χ3v) is 5.36. The van der Waals surface area contributed by atoms with E-state index in [1.165, 1.54) is 4.90 Å². The van der Waals surface area contributed by atoms with E-state index in [2.05, 4.69) is 6.92 Å². The summed E-state index contributed by atoms with van der Waals surface area (Å²) in [5.74, 6) is -0.356. The molecule has 2 aromatic carbocycles. The minimum Gasteiger partial charge on any atom is -0.365 e. The molecule has 0 N–H and O–H groups in total. The molecule has 0 atom stereocenters. The van der Waals surface area contributed by atoms with E-state index >= 15 is 0 Å². The molecule has 1 aliphatic heterocycles. The maximum Gasteiger partial charge on any atom is 0.277 e. The maximum absolute atomic E-state index is 13.3. The molecule has 1 aliphatic rings. The van der Waals surface area contributed by atoms with Crippen LogP contribution in [0.1, 0.15) is 49.3 Å². The highest BCUT2D eigenvalue weighted by Crippen LogP contribution is 2.32. The quantitative estimate of drug-likeness (QED) is 0.457. The molecule has 0 radical (unpaired) electrons. The van der Waals surface area contributed by atoms with Gasteiger partial charge >= 0.3 is 0 Å². The number of hydrogen-bond acceptors (Lipinski definition) is 3. The monoisotopic (exact) mass is 390 g/mol. The fourth-order valence-electron chi connectivity index (χ4n) is 3.73. The molecule has 3 rings (SSSR count). The van der Waals surface area contributed by atoms with Crippen LogP contribution in [0, 0.1) is 6.92 Å². The van der Waals surface area contributed by atoms with Crippen molar-refractivity contribution in [1.29, 1.82) is 0 Å². The Kier molecular flexibility index (Phi) is 6.86. The molecule has 2 aromatic rings. The first kappa shape index (κ1) is 20.8. The highest BCUT2D eigenvalue weighted by Gasteiger charge is 2.40. The van der Waals surface area contributed by atoms with Gasteiger partial charge in [-0.15, -0.1) is 0 Å². The molecule has 152 valence electrons. The average Bonchev–Trinajstić information content (AvgIpc) is 2.97. The Morgan fingerprint density at radius 2 is 1.55 bits per heavy atom. The van der Waals surface area contributed by atoms with E-state index < -0.39 is 0 Å². The van der Waals surface area contributed by atoms with Crippen molar-refractivity contribution in [2.75, 3.05) is 13.6 Å². The van der Waals surface area contributed by atoms with Gasteiger partial charge in [0, 0.05) is 20.1 Å². The van der Waals surface area contributed by atoms with Crippen LogP contribution in [0.5, 0.6) is 0 Å². The normalized spacial score (nSPS) is 14.1. The number of unbranched alkanes of at least 4 members (excludes halogenated alkanes) is 3. The summed E-state index contributed by atoms with van der Waals surface area (Å²) in [6.07, 6.45) is 4.12. The van der Waals surface area contributed by atoms with Crippen molar-refractivity contribution in [3.63, 3.8) is 0 Å². The van der Waals surface area contributed by atoms with Crippen LogP contribution in [0.15, 0.2) is 60.3 Å². The van der Waals surface area contributed by atoms with Crippen LogP contribution in [-0.4, -0.2) is 35.2 Å². The number of likely N-dealkylation sites (N-methyl/N-ethyl adjacent to an activating group) is 1. The minimum atomic E-state index is -0.180. The fraction of sp³-hybridized carbons (Fsp3) is 0.360. The van der Waals surface area contributed by atoms with Gasteiger partial charge in [0.25, 0.3) is 11.8 Å². The number of carbonyl (C=O) groups excluding carboxylic acids is 2. The first-order valence-electron chi connectivity index (χ1n) is 10.5. The van der Waals surface area contributed by atoms with E-state index in [-0.39, 0.29) is 11.8 Å². The van der Waals surface area contributed by atoms with Crippen LogP contribution in [0.25, 0.3) is 5.57 Å². The second-order valence-corrected chi connectivity index (χ2v) is 7.75. The Bertz CT molecular complexity index is 885. The molecule has 0 saturated heterocycles. The highest BCUT2D eigenvalue weighted by atomic mass is 16.2. The lowest BCUT2D eigenvalue weighted by Crippen LogP contribution is -2.34. The number of carbonyl (C=O) groups is 2. The SMILES string of the molecule is CCCCCCN1C(=O)C(c2ccc(C)cc2)=C(N(C)Cc2ccccc2)C1=O. The summed E-state index contributed by atoms with van der Waals surface area (Å²) in [4.78, 5) is 29.9. The zero-order chi connectivity index (χ0) is 20.8. The average molecular weight is 391 g/mol. The number of nitrogens with zero attached hydrogens (tertiary/aromatic N) is 2. The van der Waals surface area contributed by atoms with Gasteiger partial charge < -0.3 is 4.90 Å². The molecule has 2 amide bonds. The van der Waals surface area contributed by atoms with Gasteiger partial charge in [-0.3, -0.25) is 14.5 Å². The predicted molar refractivity (Wildman–Crippen MR) is 117 cm³/mol. The zero-order valence-corrected chi connectivity index (χ0v) is 17.6. The minimum absolute atomic E-state index is 0.176. The standard InChI is InChI=1S/C25H30N2O2/c1-4-5-6-10-17-27-24(28)22(21-15-13-19(2)14-16-21)23(25(27)29)26(3)18-20-11-8-7-9-12-20/h7-9,11-16H,4-6,10,17-18H2,1-3H3. The van der Waals surface area contributed by atoms with Crippen molar-refractivity contribution in [3.8, 4) is 0 Å². The van der Waals surface area contributed by atoms with Crippen LogP contribution in [0.3, 0.4) is 0 Å². The number of hydrogen-bond donors (Lipinski definition) is 0. The molecule has 0 aliphatic carbocycles. The van der Waals surface area contributed by atoms with Gasteiger partial charge in [-0.1, -0.05) is 86.3 Å². The third kappa shape index (κ3) is 4.76. The van der Waals surface area contributed by atoms with E-state index in [1.54, 1.807) is 0 Å².